The third kappa shape index (κ3) is 5.77. The Kier molecular flexibility index (Phi) is 8.88. The van der Waals surface area contributed by atoms with Gasteiger partial charge < -0.3 is 15.0 Å². The predicted octanol–water partition coefficient (Wildman–Crippen LogP) is 1.85. The number of nitrogens with zero attached hydrogens (tertiary/aromatic N) is 4. The van der Waals surface area contributed by atoms with Crippen molar-refractivity contribution >= 4 is 41.3 Å². The summed E-state index contributed by atoms with van der Waals surface area (Å²) in [5.74, 6) is 1.02. The smallest absolute Gasteiger partial charge is 0.193 e. The number of aliphatic imine (C=N–C) groups is 1. The Morgan fingerprint density at radius 2 is 2.20 bits per heavy atom. The van der Waals surface area contributed by atoms with E-state index in [-0.39, 0.29) is 24.0 Å². The number of aromatic nitrogens is 1. The average Bonchev–Trinajstić information content (AvgIpc) is 3.29. The Morgan fingerprint density at radius 1 is 1.40 bits per heavy atom. The summed E-state index contributed by atoms with van der Waals surface area (Å²) in [5, 5.41) is 6.91. The van der Waals surface area contributed by atoms with Crippen molar-refractivity contribution in [2.75, 3.05) is 53.0 Å². The number of likely N-dealkylation sites (tertiary alicyclic amines) is 1. The molecule has 0 bridgehead atoms. The zero-order chi connectivity index (χ0) is 16.8. The van der Waals surface area contributed by atoms with Gasteiger partial charge in [-0.2, -0.15) is 0 Å². The number of ether oxygens (including phenoxy) is 1. The summed E-state index contributed by atoms with van der Waals surface area (Å²) in [6.45, 7) is 9.06. The van der Waals surface area contributed by atoms with E-state index >= 15 is 0 Å². The Balaban J connectivity index is 0.00000225. The highest BCUT2D eigenvalue weighted by Crippen LogP contribution is 2.17. The lowest BCUT2D eigenvalue weighted by molar-refractivity contribution is 0.0195. The molecule has 0 saturated carbocycles. The number of rotatable bonds is 5. The molecule has 2 fully saturated rings. The van der Waals surface area contributed by atoms with Crippen LogP contribution >= 0.6 is 35.3 Å². The summed E-state index contributed by atoms with van der Waals surface area (Å²) in [5.41, 5.74) is 1.19. The third-order valence-electron chi connectivity index (χ3n) is 4.80. The highest BCUT2D eigenvalue weighted by Gasteiger charge is 2.30. The highest BCUT2D eigenvalue weighted by molar-refractivity contribution is 14.0. The quantitative estimate of drug-likeness (QED) is 0.397. The van der Waals surface area contributed by atoms with E-state index in [2.05, 4.69) is 37.4 Å². The minimum atomic E-state index is 0. The van der Waals surface area contributed by atoms with Crippen molar-refractivity contribution in [2.24, 2.45) is 4.99 Å². The van der Waals surface area contributed by atoms with E-state index in [4.69, 9.17) is 4.74 Å². The summed E-state index contributed by atoms with van der Waals surface area (Å²) < 4.78 is 5.46. The first-order valence-corrected chi connectivity index (χ1v) is 9.88. The van der Waals surface area contributed by atoms with E-state index < -0.39 is 0 Å². The van der Waals surface area contributed by atoms with Gasteiger partial charge in [-0.25, -0.2) is 4.98 Å². The van der Waals surface area contributed by atoms with Crippen LogP contribution in [-0.2, 0) is 17.6 Å². The molecular formula is C17H30IN5OS. The number of thiazole rings is 1. The van der Waals surface area contributed by atoms with E-state index in [9.17, 15) is 0 Å². The number of morpholine rings is 1. The zero-order valence-corrected chi connectivity index (χ0v) is 18.4. The van der Waals surface area contributed by atoms with Crippen molar-refractivity contribution in [3.63, 3.8) is 0 Å². The normalized spacial score (nSPS) is 22.1. The molecule has 0 spiro atoms. The van der Waals surface area contributed by atoms with E-state index in [1.165, 1.54) is 17.1 Å². The first-order valence-electron chi connectivity index (χ1n) is 9.00. The Labute approximate surface area is 172 Å². The van der Waals surface area contributed by atoms with Crippen molar-refractivity contribution in [2.45, 2.75) is 32.2 Å². The van der Waals surface area contributed by atoms with Crippen LogP contribution in [0.15, 0.2) is 10.4 Å². The second kappa shape index (κ2) is 10.6. The van der Waals surface area contributed by atoms with Crippen molar-refractivity contribution < 1.29 is 4.74 Å². The van der Waals surface area contributed by atoms with Crippen LogP contribution in [0.4, 0.5) is 0 Å². The van der Waals surface area contributed by atoms with Gasteiger partial charge in [0.25, 0.3) is 0 Å². The van der Waals surface area contributed by atoms with Crippen LogP contribution in [0.1, 0.15) is 24.0 Å². The van der Waals surface area contributed by atoms with E-state index in [1.807, 2.05) is 7.05 Å². The maximum absolute atomic E-state index is 5.46. The maximum Gasteiger partial charge on any atom is 0.193 e. The van der Waals surface area contributed by atoms with Gasteiger partial charge in [0.1, 0.15) is 0 Å². The van der Waals surface area contributed by atoms with Crippen molar-refractivity contribution in [3.05, 3.63) is 16.1 Å². The van der Waals surface area contributed by atoms with Crippen LogP contribution in [0.2, 0.25) is 0 Å². The van der Waals surface area contributed by atoms with Gasteiger partial charge in [0.05, 0.1) is 23.9 Å². The minimum Gasteiger partial charge on any atom is -0.379 e. The molecule has 0 radical (unpaired) electrons. The standard InChI is InChI=1S/C17H29N5OS.HI/c1-3-16-20-14(13-24-16)4-6-19-17(18-2)22-7-5-15(12-22)21-8-10-23-11-9-21;/h13,15H,3-12H2,1-2H3,(H,18,19);1H. The number of hydrogen-bond donors (Lipinski definition) is 1. The van der Waals surface area contributed by atoms with Crippen LogP contribution in [0, 0.1) is 0 Å². The molecule has 1 aromatic rings. The molecular weight excluding hydrogens is 449 g/mol. The number of halogens is 1. The number of nitrogens with one attached hydrogen (secondary N) is 1. The summed E-state index contributed by atoms with van der Waals surface area (Å²) >= 11 is 1.76. The van der Waals surface area contributed by atoms with Crippen molar-refractivity contribution in [3.8, 4) is 0 Å². The van der Waals surface area contributed by atoms with Gasteiger partial charge in [0.15, 0.2) is 5.96 Å². The van der Waals surface area contributed by atoms with Crippen LogP contribution in [0.5, 0.6) is 0 Å². The van der Waals surface area contributed by atoms with Gasteiger partial charge in [0, 0.05) is 57.6 Å². The largest absolute Gasteiger partial charge is 0.379 e. The van der Waals surface area contributed by atoms with E-state index in [0.29, 0.717) is 6.04 Å². The van der Waals surface area contributed by atoms with Gasteiger partial charge in [-0.05, 0) is 12.8 Å². The summed E-state index contributed by atoms with van der Waals surface area (Å²) in [6, 6.07) is 0.637. The molecule has 1 unspecified atom stereocenters. The molecule has 2 aliphatic heterocycles. The first-order chi connectivity index (χ1) is 11.8. The molecule has 25 heavy (non-hydrogen) atoms. The number of guanidine groups is 1. The summed E-state index contributed by atoms with van der Waals surface area (Å²) in [7, 11) is 1.88. The lowest BCUT2D eigenvalue weighted by Crippen LogP contribution is -2.46. The van der Waals surface area contributed by atoms with Gasteiger partial charge in [-0.15, -0.1) is 35.3 Å². The van der Waals surface area contributed by atoms with Gasteiger partial charge in [0.2, 0.25) is 0 Å². The second-order valence-electron chi connectivity index (χ2n) is 6.35. The highest BCUT2D eigenvalue weighted by atomic mass is 127. The van der Waals surface area contributed by atoms with Gasteiger partial charge >= 0.3 is 0 Å². The van der Waals surface area contributed by atoms with E-state index in [1.54, 1.807) is 11.3 Å². The molecule has 0 aromatic carbocycles. The van der Waals surface area contributed by atoms with Crippen molar-refractivity contribution in [1.82, 2.24) is 20.1 Å². The SMILES string of the molecule is CCc1nc(CCNC(=NC)N2CCC(N3CCOCC3)C2)cs1.I. The molecule has 6 nitrogen and oxygen atoms in total. The lowest BCUT2D eigenvalue weighted by Gasteiger charge is -2.32. The fourth-order valence-electron chi connectivity index (χ4n) is 3.44. The minimum absolute atomic E-state index is 0. The van der Waals surface area contributed by atoms with Crippen LogP contribution < -0.4 is 5.32 Å². The molecule has 1 N–H and O–H groups in total. The van der Waals surface area contributed by atoms with Crippen molar-refractivity contribution in [1.29, 1.82) is 0 Å². The molecule has 142 valence electrons. The molecule has 2 saturated heterocycles. The molecule has 0 amide bonds. The predicted molar refractivity (Wildman–Crippen MR) is 114 cm³/mol. The molecule has 8 heteroatoms. The third-order valence-corrected chi connectivity index (χ3v) is 5.84. The van der Waals surface area contributed by atoms with Crippen LogP contribution in [0.3, 0.4) is 0 Å². The Bertz CT molecular complexity index is 547. The van der Waals surface area contributed by atoms with Crippen LogP contribution in [-0.4, -0.2) is 79.8 Å². The second-order valence-corrected chi connectivity index (χ2v) is 7.29. The number of hydrogen-bond acceptors (Lipinski definition) is 5. The molecule has 3 rings (SSSR count). The maximum atomic E-state index is 5.46. The monoisotopic (exact) mass is 479 g/mol. The fourth-order valence-corrected chi connectivity index (χ4v) is 4.21. The van der Waals surface area contributed by atoms with Crippen LogP contribution in [0.25, 0.3) is 0 Å². The van der Waals surface area contributed by atoms with Gasteiger partial charge in [-0.1, -0.05) is 6.92 Å². The molecule has 3 heterocycles. The summed E-state index contributed by atoms with van der Waals surface area (Å²) in [6.07, 6.45) is 3.19. The molecule has 2 aliphatic rings. The fraction of sp³-hybridized carbons (Fsp3) is 0.765. The molecule has 0 aliphatic carbocycles. The number of aryl methyl sites for hydroxylation is 1. The zero-order valence-electron chi connectivity index (χ0n) is 15.2. The van der Waals surface area contributed by atoms with E-state index in [0.717, 1.165) is 64.7 Å². The molecule has 1 aromatic heterocycles. The topological polar surface area (TPSA) is 53.0 Å². The average molecular weight is 479 g/mol. The Morgan fingerprint density at radius 3 is 2.88 bits per heavy atom. The Hall–Kier alpha value is -0.450. The lowest BCUT2D eigenvalue weighted by atomic mass is 10.2. The summed E-state index contributed by atoms with van der Waals surface area (Å²) in [4.78, 5) is 14.1. The molecule has 1 atom stereocenters. The first kappa shape index (κ1) is 20.9. The van der Waals surface area contributed by atoms with Gasteiger partial charge in [-0.3, -0.25) is 9.89 Å².